The van der Waals surface area contributed by atoms with Crippen molar-refractivity contribution in [3.05, 3.63) is 89.7 Å². The van der Waals surface area contributed by atoms with Crippen molar-refractivity contribution in [3.63, 3.8) is 0 Å². The molecule has 4 rings (SSSR count). The molecule has 5 heteroatoms. The monoisotopic (exact) mass is 360 g/mol. The summed E-state index contributed by atoms with van der Waals surface area (Å²) in [6.45, 7) is 1.26. The van der Waals surface area contributed by atoms with E-state index in [0.29, 0.717) is 30.2 Å². The van der Waals surface area contributed by atoms with Crippen LogP contribution in [-0.4, -0.2) is 29.1 Å². The predicted octanol–water partition coefficient (Wildman–Crippen LogP) is 3.70. The highest BCUT2D eigenvalue weighted by Gasteiger charge is 2.21. The smallest absolute Gasteiger partial charge is 0.254 e. The molecule has 0 fully saturated rings. The lowest BCUT2D eigenvalue weighted by molar-refractivity contribution is 0.0742. The van der Waals surface area contributed by atoms with Gasteiger partial charge < -0.3 is 14.4 Å². The minimum atomic E-state index is -0.0464. The Morgan fingerprint density at radius 1 is 0.963 bits per heavy atom. The highest BCUT2D eigenvalue weighted by molar-refractivity contribution is 5.95. The van der Waals surface area contributed by atoms with Gasteiger partial charge in [-0.1, -0.05) is 36.4 Å². The first kappa shape index (κ1) is 17.1. The van der Waals surface area contributed by atoms with Crippen LogP contribution in [0.1, 0.15) is 21.6 Å². The van der Waals surface area contributed by atoms with Crippen molar-refractivity contribution in [1.82, 2.24) is 9.88 Å². The minimum absolute atomic E-state index is 0.0464. The van der Waals surface area contributed by atoms with E-state index >= 15 is 0 Å². The van der Waals surface area contributed by atoms with Crippen LogP contribution in [0.3, 0.4) is 0 Å². The Morgan fingerprint density at radius 2 is 1.78 bits per heavy atom. The third kappa shape index (κ3) is 4.08. The van der Waals surface area contributed by atoms with E-state index in [9.17, 15) is 4.79 Å². The summed E-state index contributed by atoms with van der Waals surface area (Å²) in [5.74, 6) is 1.24. The van der Waals surface area contributed by atoms with Gasteiger partial charge in [0.2, 0.25) is 6.79 Å². The van der Waals surface area contributed by atoms with Crippen molar-refractivity contribution >= 4 is 5.91 Å². The summed E-state index contributed by atoms with van der Waals surface area (Å²) >= 11 is 0. The van der Waals surface area contributed by atoms with Crippen molar-refractivity contribution in [2.45, 2.75) is 13.0 Å². The van der Waals surface area contributed by atoms with Crippen molar-refractivity contribution in [1.29, 1.82) is 0 Å². The van der Waals surface area contributed by atoms with Gasteiger partial charge in [0, 0.05) is 18.3 Å². The van der Waals surface area contributed by atoms with E-state index < -0.39 is 0 Å². The maximum absolute atomic E-state index is 13.2. The average Bonchev–Trinajstić information content (AvgIpc) is 3.20. The van der Waals surface area contributed by atoms with Gasteiger partial charge in [-0.2, -0.15) is 0 Å². The van der Waals surface area contributed by atoms with Gasteiger partial charge in [0.25, 0.3) is 5.91 Å². The van der Waals surface area contributed by atoms with Gasteiger partial charge in [-0.3, -0.25) is 9.78 Å². The van der Waals surface area contributed by atoms with Crippen molar-refractivity contribution < 1.29 is 14.3 Å². The Hall–Kier alpha value is -3.34. The average molecular weight is 360 g/mol. The van der Waals surface area contributed by atoms with Crippen LogP contribution in [-0.2, 0) is 13.0 Å². The maximum Gasteiger partial charge on any atom is 0.254 e. The van der Waals surface area contributed by atoms with Crippen LogP contribution in [0.2, 0.25) is 0 Å². The quantitative estimate of drug-likeness (QED) is 0.673. The number of carbonyl (C=O) groups excluding carboxylic acids is 1. The molecule has 1 amide bonds. The standard InChI is InChI=1S/C22H20N2O3/c25-22(18-9-10-20-21(14-18)27-16-26-20)24(15-19-8-4-5-12-23-19)13-11-17-6-2-1-3-7-17/h1-10,12,14H,11,13,15-16H2. The molecule has 2 heterocycles. The zero-order valence-corrected chi connectivity index (χ0v) is 14.9. The molecule has 0 unspecified atom stereocenters. The fourth-order valence-corrected chi connectivity index (χ4v) is 3.06. The molecule has 136 valence electrons. The lowest BCUT2D eigenvalue weighted by atomic mass is 10.1. The number of rotatable bonds is 6. The second-order valence-electron chi connectivity index (χ2n) is 6.35. The zero-order valence-electron chi connectivity index (χ0n) is 14.9. The lowest BCUT2D eigenvalue weighted by Crippen LogP contribution is -2.32. The van der Waals surface area contributed by atoms with Gasteiger partial charge in [0.15, 0.2) is 11.5 Å². The fraction of sp³-hybridized carbons (Fsp3) is 0.182. The van der Waals surface area contributed by atoms with Crippen LogP contribution in [0.25, 0.3) is 0 Å². The second-order valence-corrected chi connectivity index (χ2v) is 6.35. The number of nitrogens with zero attached hydrogens (tertiary/aromatic N) is 2. The maximum atomic E-state index is 13.2. The fourth-order valence-electron chi connectivity index (χ4n) is 3.06. The predicted molar refractivity (Wildman–Crippen MR) is 102 cm³/mol. The summed E-state index contributed by atoms with van der Waals surface area (Å²) in [6, 6.07) is 21.2. The first-order chi connectivity index (χ1) is 13.3. The van der Waals surface area contributed by atoms with Crippen LogP contribution in [0.5, 0.6) is 11.5 Å². The molecule has 0 saturated heterocycles. The molecule has 0 bridgehead atoms. The Bertz CT molecular complexity index is 913. The van der Waals surface area contributed by atoms with Gasteiger partial charge in [-0.05, 0) is 42.3 Å². The first-order valence-corrected chi connectivity index (χ1v) is 8.92. The number of hydrogen-bond donors (Lipinski definition) is 0. The van der Waals surface area contributed by atoms with E-state index in [-0.39, 0.29) is 12.7 Å². The van der Waals surface area contributed by atoms with Gasteiger partial charge in [0.1, 0.15) is 0 Å². The normalized spacial score (nSPS) is 12.0. The van der Waals surface area contributed by atoms with Gasteiger partial charge >= 0.3 is 0 Å². The zero-order chi connectivity index (χ0) is 18.5. The third-order valence-electron chi connectivity index (χ3n) is 4.50. The number of benzene rings is 2. The molecule has 0 spiro atoms. The molecule has 1 aliphatic rings. The van der Waals surface area contributed by atoms with E-state index in [0.717, 1.165) is 12.1 Å². The molecule has 1 aliphatic heterocycles. The Labute approximate surface area is 158 Å². The first-order valence-electron chi connectivity index (χ1n) is 8.92. The molecule has 0 saturated carbocycles. The van der Waals surface area contributed by atoms with Crippen molar-refractivity contribution in [2.75, 3.05) is 13.3 Å². The molecule has 5 nitrogen and oxygen atoms in total. The van der Waals surface area contributed by atoms with Gasteiger partial charge in [0.05, 0.1) is 12.2 Å². The van der Waals surface area contributed by atoms with E-state index in [1.165, 1.54) is 5.56 Å². The summed E-state index contributed by atoms with van der Waals surface area (Å²) in [5.41, 5.74) is 2.64. The Morgan fingerprint density at radius 3 is 2.59 bits per heavy atom. The van der Waals surface area contributed by atoms with Crippen LogP contribution in [0.15, 0.2) is 72.9 Å². The molecule has 0 atom stereocenters. The highest BCUT2D eigenvalue weighted by atomic mass is 16.7. The second kappa shape index (κ2) is 7.91. The number of hydrogen-bond acceptors (Lipinski definition) is 4. The Kier molecular flexibility index (Phi) is 5.01. The molecule has 0 N–H and O–H groups in total. The molecule has 0 aliphatic carbocycles. The Balaban J connectivity index is 1.55. The van der Waals surface area contributed by atoms with Crippen LogP contribution in [0.4, 0.5) is 0 Å². The molecular formula is C22H20N2O3. The topological polar surface area (TPSA) is 51.7 Å². The lowest BCUT2D eigenvalue weighted by Gasteiger charge is -2.23. The number of aromatic nitrogens is 1. The number of ether oxygens (including phenoxy) is 2. The molecule has 0 radical (unpaired) electrons. The summed E-state index contributed by atoms with van der Waals surface area (Å²) in [7, 11) is 0. The molecule has 1 aromatic heterocycles. The summed E-state index contributed by atoms with van der Waals surface area (Å²) in [6.07, 6.45) is 2.53. The summed E-state index contributed by atoms with van der Waals surface area (Å²) in [5, 5.41) is 0. The largest absolute Gasteiger partial charge is 0.454 e. The minimum Gasteiger partial charge on any atom is -0.454 e. The van der Waals surface area contributed by atoms with E-state index in [2.05, 4.69) is 17.1 Å². The van der Waals surface area contributed by atoms with Crippen molar-refractivity contribution in [2.24, 2.45) is 0 Å². The van der Waals surface area contributed by atoms with Crippen LogP contribution < -0.4 is 9.47 Å². The SMILES string of the molecule is O=C(c1ccc2c(c1)OCO2)N(CCc1ccccc1)Cc1ccccn1. The van der Waals surface area contributed by atoms with E-state index in [1.807, 2.05) is 41.3 Å². The molecular weight excluding hydrogens is 340 g/mol. The van der Waals surface area contributed by atoms with Crippen LogP contribution >= 0.6 is 0 Å². The third-order valence-corrected chi connectivity index (χ3v) is 4.50. The number of amides is 1. The molecule has 2 aromatic carbocycles. The molecule has 27 heavy (non-hydrogen) atoms. The number of fused-ring (bicyclic) bond motifs is 1. The van der Waals surface area contributed by atoms with Crippen LogP contribution in [0, 0.1) is 0 Å². The van der Waals surface area contributed by atoms with Gasteiger partial charge in [-0.15, -0.1) is 0 Å². The summed E-state index contributed by atoms with van der Waals surface area (Å²) < 4.78 is 10.7. The highest BCUT2D eigenvalue weighted by Crippen LogP contribution is 2.32. The number of pyridine rings is 1. The van der Waals surface area contributed by atoms with Crippen molar-refractivity contribution in [3.8, 4) is 11.5 Å². The van der Waals surface area contributed by atoms with E-state index in [4.69, 9.17) is 9.47 Å². The summed E-state index contributed by atoms with van der Waals surface area (Å²) in [4.78, 5) is 19.4. The van der Waals surface area contributed by atoms with E-state index in [1.54, 1.807) is 24.4 Å². The molecule has 3 aromatic rings. The number of carbonyl (C=O) groups is 1. The van der Waals surface area contributed by atoms with Gasteiger partial charge in [-0.25, -0.2) is 0 Å².